The van der Waals surface area contributed by atoms with Gasteiger partial charge in [-0.25, -0.2) is 4.79 Å². The van der Waals surface area contributed by atoms with Crippen molar-refractivity contribution < 1.29 is 28.7 Å². The van der Waals surface area contributed by atoms with Gasteiger partial charge in [-0.2, -0.15) is 4.99 Å². The van der Waals surface area contributed by atoms with Crippen LogP contribution in [-0.4, -0.2) is 71.5 Å². The minimum absolute atomic E-state index is 0.0369. The lowest BCUT2D eigenvalue weighted by Crippen LogP contribution is -2.29. The summed E-state index contributed by atoms with van der Waals surface area (Å²) < 4.78 is 12.1. The summed E-state index contributed by atoms with van der Waals surface area (Å²) in [4.78, 5) is 54.8. The van der Waals surface area contributed by atoms with Gasteiger partial charge in [0.25, 0.3) is 5.91 Å². The third-order valence-electron chi connectivity index (χ3n) is 4.83. The number of methoxy groups -OCH3 is 1. The van der Waals surface area contributed by atoms with E-state index in [1.54, 1.807) is 29.7 Å². The normalized spacial score (nSPS) is 14.1. The molecular formula is C21H25N3O6S2. The highest BCUT2D eigenvalue weighted by molar-refractivity contribution is 8.00. The maximum Gasteiger partial charge on any atom is 0.337 e. The second-order valence-corrected chi connectivity index (χ2v) is 9.03. The first-order valence-electron chi connectivity index (χ1n) is 10.2. The van der Waals surface area contributed by atoms with Crippen molar-refractivity contribution in [2.75, 3.05) is 38.3 Å². The van der Waals surface area contributed by atoms with E-state index in [1.807, 2.05) is 4.90 Å². The summed E-state index contributed by atoms with van der Waals surface area (Å²) in [5.41, 5.74) is 1.01. The minimum Gasteiger partial charge on any atom is -0.465 e. The fourth-order valence-electron chi connectivity index (χ4n) is 3.31. The smallest absolute Gasteiger partial charge is 0.337 e. The zero-order chi connectivity index (χ0) is 23.1. The van der Waals surface area contributed by atoms with Crippen LogP contribution in [0.5, 0.6) is 0 Å². The van der Waals surface area contributed by atoms with E-state index >= 15 is 0 Å². The molecule has 0 aliphatic carbocycles. The number of ether oxygens (including phenoxy) is 2. The molecule has 2 heterocycles. The van der Waals surface area contributed by atoms with E-state index in [4.69, 9.17) is 9.47 Å². The van der Waals surface area contributed by atoms with Crippen molar-refractivity contribution in [3.05, 3.63) is 28.6 Å². The standard InChI is InChI=1S/C21H25N3O6S2/c1-3-30-19(27)11-24-15-7-6-14(20(28)29-2)10-16(15)32-21(24)22-17(25)12-31-13-18(26)23-8-4-5-9-23/h6-7,10H,3-5,8-9,11-13H2,1-2H3. The molecule has 0 unspecified atom stereocenters. The Morgan fingerprint density at radius 2 is 1.91 bits per heavy atom. The van der Waals surface area contributed by atoms with E-state index in [-0.39, 0.29) is 30.6 Å². The summed E-state index contributed by atoms with van der Waals surface area (Å²) in [6.07, 6.45) is 2.05. The third kappa shape index (κ3) is 5.98. The van der Waals surface area contributed by atoms with E-state index in [2.05, 4.69) is 4.99 Å². The Kier molecular flexibility index (Phi) is 8.46. The Morgan fingerprint density at radius 1 is 1.16 bits per heavy atom. The fourth-order valence-corrected chi connectivity index (χ4v) is 5.10. The van der Waals surface area contributed by atoms with E-state index in [0.717, 1.165) is 25.9 Å². The van der Waals surface area contributed by atoms with Crippen LogP contribution in [0.1, 0.15) is 30.1 Å². The molecule has 2 aromatic rings. The highest BCUT2D eigenvalue weighted by atomic mass is 32.2. The summed E-state index contributed by atoms with van der Waals surface area (Å²) in [5, 5.41) is 0. The summed E-state index contributed by atoms with van der Waals surface area (Å²) in [6.45, 7) is 3.40. The Morgan fingerprint density at radius 3 is 2.59 bits per heavy atom. The molecule has 1 aromatic carbocycles. The molecule has 1 aliphatic heterocycles. The number of amides is 2. The van der Waals surface area contributed by atoms with Crippen molar-refractivity contribution >= 4 is 57.1 Å². The first-order chi connectivity index (χ1) is 15.4. The molecule has 2 amide bonds. The lowest BCUT2D eigenvalue weighted by molar-refractivity contribution is -0.143. The largest absolute Gasteiger partial charge is 0.465 e. The zero-order valence-corrected chi connectivity index (χ0v) is 19.6. The van der Waals surface area contributed by atoms with E-state index in [0.29, 0.717) is 20.6 Å². The Balaban J connectivity index is 1.80. The number of nitrogens with zero attached hydrogens (tertiary/aromatic N) is 3. The molecule has 0 bridgehead atoms. The molecule has 0 atom stereocenters. The maximum absolute atomic E-state index is 12.5. The van der Waals surface area contributed by atoms with Gasteiger partial charge in [0.05, 0.1) is 41.0 Å². The Labute approximate surface area is 193 Å². The predicted molar refractivity (Wildman–Crippen MR) is 121 cm³/mol. The Hall–Kier alpha value is -2.66. The van der Waals surface area contributed by atoms with E-state index < -0.39 is 17.8 Å². The predicted octanol–water partition coefficient (Wildman–Crippen LogP) is 1.84. The average Bonchev–Trinajstić information content (AvgIpc) is 3.42. The number of thiazole rings is 1. The molecule has 0 spiro atoms. The molecule has 172 valence electrons. The summed E-state index contributed by atoms with van der Waals surface area (Å²) in [6, 6.07) is 4.92. The van der Waals surface area contributed by atoms with Crippen LogP contribution in [0.4, 0.5) is 0 Å². The van der Waals surface area contributed by atoms with Crippen molar-refractivity contribution in [3.63, 3.8) is 0 Å². The van der Waals surface area contributed by atoms with Crippen LogP contribution in [0, 0.1) is 0 Å². The first kappa shape index (κ1) is 24.0. The first-order valence-corrected chi connectivity index (χ1v) is 12.2. The van der Waals surface area contributed by atoms with Gasteiger partial charge < -0.3 is 18.9 Å². The Bertz CT molecular complexity index is 1080. The quantitative estimate of drug-likeness (QED) is 0.532. The molecule has 0 saturated carbocycles. The SMILES string of the molecule is CCOC(=O)Cn1c(=NC(=O)CSCC(=O)N2CCCC2)sc2cc(C(=O)OC)ccc21. The number of hydrogen-bond donors (Lipinski definition) is 0. The highest BCUT2D eigenvalue weighted by Gasteiger charge is 2.18. The number of hydrogen-bond acceptors (Lipinski definition) is 8. The van der Waals surface area contributed by atoms with Crippen LogP contribution >= 0.6 is 23.1 Å². The van der Waals surface area contributed by atoms with Gasteiger partial charge in [0, 0.05) is 13.1 Å². The molecule has 1 saturated heterocycles. The highest BCUT2D eigenvalue weighted by Crippen LogP contribution is 2.20. The topological polar surface area (TPSA) is 107 Å². The van der Waals surface area contributed by atoms with E-state index in [9.17, 15) is 19.2 Å². The van der Waals surface area contributed by atoms with Gasteiger partial charge in [0.1, 0.15) is 6.54 Å². The summed E-state index contributed by atoms with van der Waals surface area (Å²) in [5.74, 6) is -1.01. The van der Waals surface area contributed by atoms with Gasteiger partial charge in [0.15, 0.2) is 4.80 Å². The molecule has 1 fully saturated rings. The molecule has 0 N–H and O–H groups in total. The van der Waals surface area contributed by atoms with Gasteiger partial charge in [-0.15, -0.1) is 11.8 Å². The zero-order valence-electron chi connectivity index (χ0n) is 18.0. The second-order valence-electron chi connectivity index (χ2n) is 7.04. The second kappa shape index (κ2) is 11.3. The molecular weight excluding hydrogens is 454 g/mol. The van der Waals surface area contributed by atoms with Crippen molar-refractivity contribution in [1.82, 2.24) is 9.47 Å². The molecule has 0 radical (unpaired) electrons. The molecule has 9 nitrogen and oxygen atoms in total. The van der Waals surface area contributed by atoms with Gasteiger partial charge >= 0.3 is 11.9 Å². The van der Waals surface area contributed by atoms with Crippen molar-refractivity contribution in [1.29, 1.82) is 0 Å². The van der Waals surface area contributed by atoms with Crippen molar-refractivity contribution in [2.24, 2.45) is 4.99 Å². The summed E-state index contributed by atoms with van der Waals surface area (Å²) in [7, 11) is 1.30. The minimum atomic E-state index is -0.481. The van der Waals surface area contributed by atoms with Crippen LogP contribution in [0.25, 0.3) is 10.2 Å². The van der Waals surface area contributed by atoms with Crippen LogP contribution in [0.15, 0.2) is 23.2 Å². The number of likely N-dealkylation sites (tertiary alicyclic amines) is 1. The van der Waals surface area contributed by atoms with Crippen LogP contribution in [0.2, 0.25) is 0 Å². The fraction of sp³-hybridized carbons (Fsp3) is 0.476. The third-order valence-corrected chi connectivity index (χ3v) is 6.77. The lowest BCUT2D eigenvalue weighted by atomic mass is 10.2. The molecule has 11 heteroatoms. The van der Waals surface area contributed by atoms with Crippen LogP contribution < -0.4 is 4.80 Å². The van der Waals surface area contributed by atoms with Gasteiger partial charge in [0.2, 0.25) is 5.91 Å². The molecule has 32 heavy (non-hydrogen) atoms. The number of esters is 2. The van der Waals surface area contributed by atoms with E-state index in [1.165, 1.54) is 30.2 Å². The maximum atomic E-state index is 12.5. The van der Waals surface area contributed by atoms with Crippen LogP contribution in [-0.2, 0) is 30.4 Å². The van der Waals surface area contributed by atoms with Gasteiger partial charge in [-0.05, 0) is 38.0 Å². The molecule has 3 rings (SSSR count). The number of fused-ring (bicyclic) bond motifs is 1. The van der Waals surface area contributed by atoms with Gasteiger partial charge in [-0.3, -0.25) is 14.4 Å². The number of aromatic nitrogens is 1. The number of thioether (sulfide) groups is 1. The van der Waals surface area contributed by atoms with Crippen LogP contribution in [0.3, 0.4) is 0 Å². The molecule has 1 aromatic heterocycles. The number of carbonyl (C=O) groups is 4. The lowest BCUT2D eigenvalue weighted by Gasteiger charge is -2.14. The van der Waals surface area contributed by atoms with Gasteiger partial charge in [-0.1, -0.05) is 11.3 Å². The molecule has 1 aliphatic rings. The number of rotatable bonds is 8. The number of carbonyl (C=O) groups excluding carboxylic acids is 4. The van der Waals surface area contributed by atoms with Crippen molar-refractivity contribution in [3.8, 4) is 0 Å². The summed E-state index contributed by atoms with van der Waals surface area (Å²) >= 11 is 2.42. The van der Waals surface area contributed by atoms with Crippen molar-refractivity contribution in [2.45, 2.75) is 26.3 Å². The monoisotopic (exact) mass is 479 g/mol. The average molecular weight is 480 g/mol. The number of benzene rings is 1.